The number of aromatic nitrogens is 2. The van der Waals surface area contributed by atoms with Crippen molar-refractivity contribution < 1.29 is 0 Å². The zero-order chi connectivity index (χ0) is 11.1. The smallest absolute Gasteiger partial charge is 0.194 e. The van der Waals surface area contributed by atoms with Crippen molar-refractivity contribution in [3.8, 4) is 0 Å². The second-order valence-corrected chi connectivity index (χ2v) is 5.20. The van der Waals surface area contributed by atoms with E-state index in [9.17, 15) is 0 Å². The predicted molar refractivity (Wildman–Crippen MR) is 65.8 cm³/mol. The lowest BCUT2D eigenvalue weighted by atomic mass is 10.0. The molecule has 0 aliphatic carbocycles. The number of nitrogens with two attached hydrogens (primary N) is 1. The molecular formula is C11H16N4S. The predicted octanol–water partition coefficient (Wildman–Crippen LogP) is 1.27. The normalized spacial score (nSPS) is 21.5. The van der Waals surface area contributed by atoms with Crippen LogP contribution in [-0.2, 0) is 6.42 Å². The fourth-order valence-corrected chi connectivity index (χ4v) is 3.29. The van der Waals surface area contributed by atoms with E-state index in [2.05, 4.69) is 27.9 Å². The summed E-state index contributed by atoms with van der Waals surface area (Å²) < 4.78 is 2.23. The molecule has 2 aromatic heterocycles. The van der Waals surface area contributed by atoms with Crippen LogP contribution in [0.4, 0.5) is 0 Å². The quantitative estimate of drug-likeness (QED) is 0.854. The van der Waals surface area contributed by atoms with Crippen molar-refractivity contribution in [3.63, 3.8) is 0 Å². The van der Waals surface area contributed by atoms with E-state index in [4.69, 9.17) is 10.7 Å². The summed E-state index contributed by atoms with van der Waals surface area (Å²) in [6.45, 7) is 1.81. The van der Waals surface area contributed by atoms with Crippen LogP contribution in [0.2, 0.25) is 0 Å². The number of nitrogens with zero attached hydrogens (tertiary/aromatic N) is 3. The molecule has 16 heavy (non-hydrogen) atoms. The summed E-state index contributed by atoms with van der Waals surface area (Å²) in [5, 5.41) is 2.09. The Balaban J connectivity index is 2.14. The van der Waals surface area contributed by atoms with E-state index in [1.54, 1.807) is 11.3 Å². The summed E-state index contributed by atoms with van der Waals surface area (Å²) in [4.78, 5) is 8.20. The molecule has 86 valence electrons. The van der Waals surface area contributed by atoms with Gasteiger partial charge in [0.1, 0.15) is 0 Å². The summed E-state index contributed by atoms with van der Waals surface area (Å²) >= 11 is 1.70. The maximum atomic E-state index is 5.71. The first kappa shape index (κ1) is 10.3. The first-order chi connectivity index (χ1) is 7.81. The number of thiazole rings is 1. The molecule has 0 saturated heterocycles. The van der Waals surface area contributed by atoms with E-state index in [-0.39, 0.29) is 0 Å². The van der Waals surface area contributed by atoms with Crippen molar-refractivity contribution in [1.29, 1.82) is 0 Å². The molecule has 5 heteroatoms. The van der Waals surface area contributed by atoms with E-state index in [1.165, 1.54) is 11.4 Å². The highest BCUT2D eigenvalue weighted by atomic mass is 32.1. The monoisotopic (exact) mass is 236 g/mol. The molecule has 0 bridgehead atoms. The molecule has 3 heterocycles. The van der Waals surface area contributed by atoms with Crippen LogP contribution in [0.15, 0.2) is 11.6 Å². The minimum atomic E-state index is 0.429. The minimum absolute atomic E-state index is 0.429. The fourth-order valence-electron chi connectivity index (χ4n) is 2.55. The van der Waals surface area contributed by atoms with Crippen molar-refractivity contribution >= 4 is 16.3 Å². The van der Waals surface area contributed by atoms with E-state index >= 15 is 0 Å². The lowest BCUT2D eigenvalue weighted by molar-refractivity contribution is 0.215. The molecule has 2 aromatic rings. The van der Waals surface area contributed by atoms with E-state index in [0.717, 1.165) is 30.9 Å². The van der Waals surface area contributed by atoms with Crippen LogP contribution in [0.5, 0.6) is 0 Å². The number of hydrogen-bond donors (Lipinski definition) is 1. The van der Waals surface area contributed by atoms with Gasteiger partial charge in [0.2, 0.25) is 0 Å². The highest BCUT2D eigenvalue weighted by Crippen LogP contribution is 2.32. The lowest BCUT2D eigenvalue weighted by Gasteiger charge is -2.32. The first-order valence-corrected chi connectivity index (χ1v) is 6.54. The topological polar surface area (TPSA) is 46.6 Å². The number of likely N-dealkylation sites (N-methyl/N-ethyl adjacent to an activating group) is 1. The third-order valence-corrected chi connectivity index (χ3v) is 4.12. The minimum Gasteiger partial charge on any atom is -0.330 e. The van der Waals surface area contributed by atoms with Gasteiger partial charge in [-0.05, 0) is 20.0 Å². The molecule has 1 aliphatic rings. The number of hydrogen-bond acceptors (Lipinski definition) is 4. The van der Waals surface area contributed by atoms with Crippen LogP contribution < -0.4 is 5.73 Å². The summed E-state index contributed by atoms with van der Waals surface area (Å²) in [7, 11) is 2.18. The maximum absolute atomic E-state index is 5.71. The van der Waals surface area contributed by atoms with Gasteiger partial charge in [-0.25, -0.2) is 4.98 Å². The molecule has 3 rings (SSSR count). The van der Waals surface area contributed by atoms with Gasteiger partial charge in [-0.1, -0.05) is 0 Å². The van der Waals surface area contributed by atoms with Gasteiger partial charge < -0.3 is 5.73 Å². The van der Waals surface area contributed by atoms with Gasteiger partial charge in [-0.3, -0.25) is 9.30 Å². The summed E-state index contributed by atoms with van der Waals surface area (Å²) in [5.41, 5.74) is 8.34. The summed E-state index contributed by atoms with van der Waals surface area (Å²) in [5.74, 6) is 0. The highest BCUT2D eigenvalue weighted by molar-refractivity contribution is 7.15. The zero-order valence-electron chi connectivity index (χ0n) is 9.39. The Labute approximate surface area is 98.7 Å². The number of fused-ring (bicyclic) bond motifs is 3. The van der Waals surface area contributed by atoms with Crippen LogP contribution in [0.1, 0.15) is 23.9 Å². The van der Waals surface area contributed by atoms with Crippen molar-refractivity contribution in [3.05, 3.63) is 23.0 Å². The Hall–Kier alpha value is -0.910. The molecule has 0 amide bonds. The van der Waals surface area contributed by atoms with Crippen LogP contribution in [0.3, 0.4) is 0 Å². The number of imidazole rings is 1. The molecule has 1 unspecified atom stereocenters. The molecule has 4 nitrogen and oxygen atoms in total. The first-order valence-electron chi connectivity index (χ1n) is 5.66. The largest absolute Gasteiger partial charge is 0.330 e. The Kier molecular flexibility index (Phi) is 2.46. The van der Waals surface area contributed by atoms with Gasteiger partial charge in [-0.2, -0.15) is 0 Å². The second kappa shape index (κ2) is 3.84. The van der Waals surface area contributed by atoms with Gasteiger partial charge in [0, 0.05) is 24.5 Å². The number of rotatable bonds is 2. The average Bonchev–Trinajstić information content (AvgIpc) is 2.82. The standard InChI is InChI=1S/C11H16N4S/c1-14-5-3-8-10(9(14)2-4-12)15-6-7-16-11(15)13-8/h6-7,9H,2-5,12H2,1H3. The molecule has 0 spiro atoms. The average molecular weight is 236 g/mol. The third-order valence-electron chi connectivity index (χ3n) is 3.36. The molecule has 2 N–H and O–H groups in total. The molecule has 0 radical (unpaired) electrons. The van der Waals surface area contributed by atoms with Crippen molar-refractivity contribution in [1.82, 2.24) is 14.3 Å². The molecule has 0 aromatic carbocycles. The van der Waals surface area contributed by atoms with E-state index < -0.39 is 0 Å². The van der Waals surface area contributed by atoms with Gasteiger partial charge in [0.15, 0.2) is 4.96 Å². The van der Waals surface area contributed by atoms with Gasteiger partial charge >= 0.3 is 0 Å². The Bertz CT molecular complexity index is 501. The Morgan fingerprint density at radius 1 is 1.62 bits per heavy atom. The SMILES string of the molecule is CN1CCc2nc3sccn3c2C1CCN. The molecule has 1 atom stereocenters. The van der Waals surface area contributed by atoms with E-state index in [1.807, 2.05) is 0 Å². The van der Waals surface area contributed by atoms with Gasteiger partial charge in [-0.15, -0.1) is 11.3 Å². The fraction of sp³-hybridized carbons (Fsp3) is 0.545. The van der Waals surface area contributed by atoms with Crippen LogP contribution in [0.25, 0.3) is 4.96 Å². The van der Waals surface area contributed by atoms with Crippen molar-refractivity contribution in [2.45, 2.75) is 18.9 Å². The lowest BCUT2D eigenvalue weighted by Crippen LogP contribution is -2.34. The van der Waals surface area contributed by atoms with Crippen molar-refractivity contribution in [2.24, 2.45) is 5.73 Å². The Morgan fingerprint density at radius 2 is 2.50 bits per heavy atom. The summed E-state index contributed by atoms with van der Waals surface area (Å²) in [6.07, 6.45) is 4.18. The highest BCUT2D eigenvalue weighted by Gasteiger charge is 2.28. The van der Waals surface area contributed by atoms with E-state index in [0.29, 0.717) is 6.04 Å². The zero-order valence-corrected chi connectivity index (χ0v) is 10.2. The Morgan fingerprint density at radius 3 is 3.31 bits per heavy atom. The van der Waals surface area contributed by atoms with Crippen molar-refractivity contribution in [2.75, 3.05) is 20.1 Å². The third kappa shape index (κ3) is 1.39. The van der Waals surface area contributed by atoms with Crippen LogP contribution in [0, 0.1) is 0 Å². The maximum Gasteiger partial charge on any atom is 0.194 e. The van der Waals surface area contributed by atoms with Crippen LogP contribution in [-0.4, -0.2) is 34.4 Å². The molecule has 0 saturated carbocycles. The molecular weight excluding hydrogens is 220 g/mol. The van der Waals surface area contributed by atoms with Crippen LogP contribution >= 0.6 is 11.3 Å². The van der Waals surface area contributed by atoms with Gasteiger partial charge in [0.25, 0.3) is 0 Å². The van der Waals surface area contributed by atoms with Gasteiger partial charge in [0.05, 0.1) is 17.4 Å². The molecule has 0 fully saturated rings. The second-order valence-electron chi connectivity index (χ2n) is 4.32. The molecule has 1 aliphatic heterocycles. The summed E-state index contributed by atoms with van der Waals surface area (Å²) in [6, 6.07) is 0.429.